The SMILES string of the molecule is Cn1c2c(c3ccc(Nc4ccc5c(c4)NC(=O)CO5)nc31)CCCC2. The lowest BCUT2D eigenvalue weighted by Gasteiger charge is -2.18. The van der Waals surface area contributed by atoms with E-state index in [9.17, 15) is 4.79 Å². The molecule has 0 fully saturated rings. The molecule has 1 aliphatic heterocycles. The maximum absolute atomic E-state index is 11.5. The third-order valence-electron chi connectivity index (χ3n) is 5.25. The van der Waals surface area contributed by atoms with Gasteiger partial charge >= 0.3 is 0 Å². The van der Waals surface area contributed by atoms with E-state index in [0.717, 1.165) is 30.0 Å². The Bertz CT molecular complexity index is 1040. The summed E-state index contributed by atoms with van der Waals surface area (Å²) in [6.45, 7) is 0.0656. The van der Waals surface area contributed by atoms with Crippen molar-refractivity contribution in [3.63, 3.8) is 0 Å². The van der Waals surface area contributed by atoms with E-state index in [1.165, 1.54) is 29.5 Å². The summed E-state index contributed by atoms with van der Waals surface area (Å²) in [5, 5.41) is 7.43. The fourth-order valence-corrected chi connectivity index (χ4v) is 4.00. The van der Waals surface area contributed by atoms with Crippen molar-refractivity contribution < 1.29 is 9.53 Å². The number of rotatable bonds is 2. The molecule has 1 aromatic carbocycles. The monoisotopic (exact) mass is 348 g/mol. The first-order valence-corrected chi connectivity index (χ1v) is 9.00. The number of amides is 1. The number of fused-ring (bicyclic) bond motifs is 4. The van der Waals surface area contributed by atoms with Gasteiger partial charge in [-0.25, -0.2) is 4.98 Å². The number of benzene rings is 1. The zero-order chi connectivity index (χ0) is 17.7. The molecule has 0 atom stereocenters. The Morgan fingerprint density at radius 1 is 1.19 bits per heavy atom. The highest BCUT2D eigenvalue weighted by atomic mass is 16.5. The summed E-state index contributed by atoms with van der Waals surface area (Å²) >= 11 is 0. The van der Waals surface area contributed by atoms with E-state index in [2.05, 4.69) is 28.3 Å². The molecule has 2 aromatic heterocycles. The van der Waals surface area contributed by atoms with Crippen molar-refractivity contribution in [3.8, 4) is 5.75 Å². The van der Waals surface area contributed by atoms with Crippen LogP contribution in [0.5, 0.6) is 5.75 Å². The van der Waals surface area contributed by atoms with Crippen LogP contribution in [0.25, 0.3) is 11.0 Å². The van der Waals surface area contributed by atoms with Gasteiger partial charge in [0, 0.05) is 23.8 Å². The van der Waals surface area contributed by atoms with Crippen molar-refractivity contribution in [2.75, 3.05) is 17.2 Å². The number of aryl methyl sites for hydroxylation is 2. The van der Waals surface area contributed by atoms with Crippen LogP contribution in [0.4, 0.5) is 17.2 Å². The first-order valence-electron chi connectivity index (χ1n) is 9.00. The minimum absolute atomic E-state index is 0.0656. The number of carbonyl (C=O) groups is 1. The predicted octanol–water partition coefficient (Wildman–Crippen LogP) is 3.53. The average molecular weight is 348 g/mol. The van der Waals surface area contributed by atoms with Gasteiger partial charge in [-0.2, -0.15) is 0 Å². The van der Waals surface area contributed by atoms with Crippen LogP contribution in [0.1, 0.15) is 24.1 Å². The van der Waals surface area contributed by atoms with Gasteiger partial charge in [0.05, 0.1) is 5.69 Å². The molecule has 6 nitrogen and oxygen atoms in total. The van der Waals surface area contributed by atoms with Gasteiger partial charge < -0.3 is 19.9 Å². The van der Waals surface area contributed by atoms with Crippen LogP contribution in [0.2, 0.25) is 0 Å². The van der Waals surface area contributed by atoms with Crippen LogP contribution >= 0.6 is 0 Å². The van der Waals surface area contributed by atoms with Crippen molar-refractivity contribution in [1.82, 2.24) is 9.55 Å². The number of pyridine rings is 1. The topological polar surface area (TPSA) is 68.2 Å². The number of hydrogen-bond acceptors (Lipinski definition) is 4. The number of anilines is 3. The van der Waals surface area contributed by atoms with Gasteiger partial charge in [0.15, 0.2) is 6.61 Å². The second kappa shape index (κ2) is 5.76. The maximum atomic E-state index is 11.5. The fourth-order valence-electron chi connectivity index (χ4n) is 4.00. The Kier molecular flexibility index (Phi) is 3.38. The summed E-state index contributed by atoms with van der Waals surface area (Å²) in [7, 11) is 2.11. The molecule has 26 heavy (non-hydrogen) atoms. The van der Waals surface area contributed by atoms with E-state index in [4.69, 9.17) is 9.72 Å². The second-order valence-electron chi connectivity index (χ2n) is 6.93. The summed E-state index contributed by atoms with van der Waals surface area (Å²) < 4.78 is 7.63. The molecule has 3 aromatic rings. The van der Waals surface area contributed by atoms with E-state index in [0.29, 0.717) is 11.4 Å². The minimum atomic E-state index is -0.136. The first-order chi connectivity index (χ1) is 12.7. The number of hydrogen-bond donors (Lipinski definition) is 2. The molecule has 0 saturated carbocycles. The van der Waals surface area contributed by atoms with Crippen molar-refractivity contribution >= 4 is 34.1 Å². The molecule has 2 N–H and O–H groups in total. The number of nitrogens with one attached hydrogen (secondary N) is 2. The highest BCUT2D eigenvalue weighted by Gasteiger charge is 2.20. The van der Waals surface area contributed by atoms with Crippen molar-refractivity contribution in [1.29, 1.82) is 0 Å². The quantitative estimate of drug-likeness (QED) is 0.743. The minimum Gasteiger partial charge on any atom is -0.482 e. The van der Waals surface area contributed by atoms with Gasteiger partial charge in [-0.1, -0.05) is 0 Å². The largest absolute Gasteiger partial charge is 0.482 e. The zero-order valence-electron chi connectivity index (χ0n) is 14.6. The third-order valence-corrected chi connectivity index (χ3v) is 5.25. The molecule has 6 heteroatoms. The molecule has 132 valence electrons. The number of ether oxygens (including phenoxy) is 1. The van der Waals surface area contributed by atoms with Gasteiger partial charge in [0.1, 0.15) is 17.2 Å². The summed E-state index contributed by atoms with van der Waals surface area (Å²) in [6.07, 6.45) is 4.79. The van der Waals surface area contributed by atoms with Crippen LogP contribution in [0.15, 0.2) is 30.3 Å². The highest BCUT2D eigenvalue weighted by Crippen LogP contribution is 2.33. The second-order valence-corrected chi connectivity index (χ2v) is 6.93. The lowest BCUT2D eigenvalue weighted by molar-refractivity contribution is -0.118. The molecule has 0 bridgehead atoms. The lowest BCUT2D eigenvalue weighted by atomic mass is 9.96. The van der Waals surface area contributed by atoms with E-state index < -0.39 is 0 Å². The Labute approximate surface area is 151 Å². The maximum Gasteiger partial charge on any atom is 0.262 e. The van der Waals surface area contributed by atoms with Gasteiger partial charge in [0.2, 0.25) is 0 Å². The fraction of sp³-hybridized carbons (Fsp3) is 0.300. The van der Waals surface area contributed by atoms with Gasteiger partial charge in [0.25, 0.3) is 5.91 Å². The van der Waals surface area contributed by atoms with Gasteiger partial charge in [-0.3, -0.25) is 4.79 Å². The smallest absolute Gasteiger partial charge is 0.262 e. The molecule has 0 saturated heterocycles. The average Bonchev–Trinajstić information content (AvgIpc) is 2.94. The Morgan fingerprint density at radius 3 is 3.00 bits per heavy atom. The van der Waals surface area contributed by atoms with Crippen molar-refractivity contribution in [2.24, 2.45) is 7.05 Å². The number of nitrogens with zero attached hydrogens (tertiary/aromatic N) is 2. The zero-order valence-corrected chi connectivity index (χ0v) is 14.6. The molecule has 0 radical (unpaired) electrons. The predicted molar refractivity (Wildman–Crippen MR) is 101 cm³/mol. The molecular weight excluding hydrogens is 328 g/mol. The molecule has 0 spiro atoms. The number of aromatic nitrogens is 2. The van der Waals surface area contributed by atoms with Crippen LogP contribution in [0.3, 0.4) is 0 Å². The normalized spacial score (nSPS) is 15.8. The van der Waals surface area contributed by atoms with Crippen LogP contribution < -0.4 is 15.4 Å². The van der Waals surface area contributed by atoms with E-state index in [1.54, 1.807) is 0 Å². The highest BCUT2D eigenvalue weighted by molar-refractivity contribution is 5.96. The van der Waals surface area contributed by atoms with Crippen LogP contribution in [-0.2, 0) is 24.7 Å². The standard InChI is InChI=1S/C20H20N4O2/c1-24-16-5-3-2-4-13(16)14-7-9-18(23-20(14)24)21-12-6-8-17-15(10-12)22-19(25)11-26-17/h6-10H,2-5,11H2,1H3,(H,21,23)(H,22,25). The molecule has 2 aliphatic rings. The molecule has 1 amide bonds. The van der Waals surface area contributed by atoms with E-state index in [1.807, 2.05) is 24.3 Å². The summed E-state index contributed by atoms with van der Waals surface area (Å²) in [5.41, 5.74) is 5.45. The van der Waals surface area contributed by atoms with Crippen LogP contribution in [0, 0.1) is 0 Å². The molecule has 3 heterocycles. The van der Waals surface area contributed by atoms with Crippen molar-refractivity contribution in [2.45, 2.75) is 25.7 Å². The Morgan fingerprint density at radius 2 is 2.08 bits per heavy atom. The van der Waals surface area contributed by atoms with E-state index in [-0.39, 0.29) is 12.5 Å². The molecule has 5 rings (SSSR count). The molecule has 0 unspecified atom stereocenters. The van der Waals surface area contributed by atoms with Crippen molar-refractivity contribution in [3.05, 3.63) is 41.6 Å². The summed E-state index contributed by atoms with van der Waals surface area (Å²) in [6, 6.07) is 9.84. The third kappa shape index (κ3) is 2.41. The van der Waals surface area contributed by atoms with E-state index >= 15 is 0 Å². The lowest BCUT2D eigenvalue weighted by Crippen LogP contribution is -2.25. The summed E-state index contributed by atoms with van der Waals surface area (Å²) in [5.74, 6) is 1.34. The summed E-state index contributed by atoms with van der Waals surface area (Å²) in [4.78, 5) is 16.3. The Balaban J connectivity index is 1.49. The molecule has 1 aliphatic carbocycles. The number of carbonyl (C=O) groups excluding carboxylic acids is 1. The Hall–Kier alpha value is -3.02. The first kappa shape index (κ1) is 15.3. The van der Waals surface area contributed by atoms with Crippen LogP contribution in [-0.4, -0.2) is 22.1 Å². The van der Waals surface area contributed by atoms with Gasteiger partial charge in [-0.15, -0.1) is 0 Å². The van der Waals surface area contributed by atoms with Gasteiger partial charge in [-0.05, 0) is 61.6 Å². The molecular formula is C20H20N4O2.